The maximum Gasteiger partial charge on any atom is 0.335 e. The number of carboxylic acids is 1. The number of ether oxygens (including phenoxy) is 1. The molecule has 0 spiro atoms. The number of phenols is 1. The Morgan fingerprint density at radius 2 is 1.18 bits per heavy atom. The van der Waals surface area contributed by atoms with Gasteiger partial charge in [0.05, 0.1) is 25.3 Å². The van der Waals surface area contributed by atoms with Crippen molar-refractivity contribution in [3.63, 3.8) is 0 Å². The number of aromatic carboxylic acids is 1. The van der Waals surface area contributed by atoms with E-state index in [4.69, 9.17) is 14.9 Å². The Hall–Kier alpha value is -5.41. The first-order valence-electron chi connectivity index (χ1n) is 11.5. The Balaban J connectivity index is 0.000000166. The number of phenolic OH excluding ortho intramolecular Hbond substituents is 1. The van der Waals surface area contributed by atoms with Crippen molar-refractivity contribution in [3.8, 4) is 11.5 Å². The number of hydrogen-bond acceptors (Lipinski definition) is 9. The number of hydrogen-bond donors (Lipinski definition) is 2. The second kappa shape index (κ2) is 11.1. The number of benzene rings is 1. The molecule has 4 aromatic heterocycles. The van der Waals surface area contributed by atoms with E-state index >= 15 is 0 Å². The molecule has 0 bridgehead atoms. The van der Waals surface area contributed by atoms with Crippen molar-refractivity contribution in [2.24, 2.45) is 42.3 Å². The highest BCUT2D eigenvalue weighted by atomic mass is 16.5. The number of carbonyl (C=O) groups is 1. The average molecular weight is 557 g/mol. The van der Waals surface area contributed by atoms with Gasteiger partial charge in [-0.1, -0.05) is 0 Å². The Morgan fingerprint density at radius 1 is 0.750 bits per heavy atom. The molecular formula is C24H28N8O8. The highest BCUT2D eigenvalue weighted by molar-refractivity contribution is 5.88. The van der Waals surface area contributed by atoms with E-state index in [9.17, 15) is 24.0 Å². The summed E-state index contributed by atoms with van der Waals surface area (Å²) in [4.78, 5) is 64.8. The van der Waals surface area contributed by atoms with Crippen LogP contribution in [0.25, 0.3) is 22.3 Å². The number of methoxy groups -OCH3 is 1. The maximum atomic E-state index is 11.7. The Labute approximate surface area is 224 Å². The SMILES string of the molecule is COc1cc(C(=O)O)ccc1O.Cn1c(=O)c2c(ncn2C)n(C)c1=O.Cn1c(=O)c2c(ncn2C)n(C)c1=O. The van der Waals surface area contributed by atoms with Crippen molar-refractivity contribution < 1.29 is 19.7 Å². The number of rotatable bonds is 2. The highest BCUT2D eigenvalue weighted by Crippen LogP contribution is 2.26. The molecule has 4 heterocycles. The molecule has 16 nitrogen and oxygen atoms in total. The van der Waals surface area contributed by atoms with Gasteiger partial charge in [-0.25, -0.2) is 24.4 Å². The quantitative estimate of drug-likeness (QED) is 0.274. The first-order chi connectivity index (χ1) is 18.7. The molecule has 0 atom stereocenters. The molecule has 0 aliphatic carbocycles. The summed E-state index contributed by atoms with van der Waals surface area (Å²) in [5.41, 5.74) is 0.448. The molecule has 0 aliphatic rings. The summed E-state index contributed by atoms with van der Waals surface area (Å²) in [6, 6.07) is 3.85. The fourth-order valence-electron chi connectivity index (χ4n) is 3.75. The first-order valence-corrected chi connectivity index (χ1v) is 11.5. The van der Waals surface area contributed by atoms with Gasteiger partial charge in [0.2, 0.25) is 0 Å². The van der Waals surface area contributed by atoms with Crippen molar-refractivity contribution in [2.75, 3.05) is 7.11 Å². The lowest BCUT2D eigenvalue weighted by Crippen LogP contribution is -2.37. The molecule has 0 unspecified atom stereocenters. The van der Waals surface area contributed by atoms with Crippen LogP contribution in [0.5, 0.6) is 11.5 Å². The van der Waals surface area contributed by atoms with Crippen molar-refractivity contribution in [1.29, 1.82) is 0 Å². The lowest BCUT2D eigenvalue weighted by Gasteiger charge is -2.02. The van der Waals surface area contributed by atoms with Gasteiger partial charge >= 0.3 is 17.3 Å². The molecule has 5 aromatic rings. The molecule has 212 valence electrons. The van der Waals surface area contributed by atoms with E-state index in [0.717, 1.165) is 9.13 Å². The summed E-state index contributed by atoms with van der Waals surface area (Å²) in [6.07, 6.45) is 3.04. The normalized spacial score (nSPS) is 10.6. The van der Waals surface area contributed by atoms with Gasteiger partial charge in [-0.2, -0.15) is 0 Å². The minimum absolute atomic E-state index is 0.0671. The molecule has 0 fully saturated rings. The van der Waals surface area contributed by atoms with Crippen LogP contribution in [-0.2, 0) is 42.3 Å². The van der Waals surface area contributed by atoms with Gasteiger partial charge < -0.3 is 24.1 Å². The molecule has 16 heteroatoms. The van der Waals surface area contributed by atoms with E-state index < -0.39 is 5.97 Å². The number of aromatic hydroxyl groups is 1. The largest absolute Gasteiger partial charge is 0.504 e. The topological polar surface area (TPSA) is 190 Å². The predicted molar refractivity (Wildman–Crippen MR) is 144 cm³/mol. The summed E-state index contributed by atoms with van der Waals surface area (Å²) >= 11 is 0. The molecule has 0 aliphatic heterocycles. The van der Waals surface area contributed by atoms with Crippen LogP contribution in [0.15, 0.2) is 50.0 Å². The summed E-state index contributed by atoms with van der Waals surface area (Å²) in [6.45, 7) is 0. The molecule has 0 radical (unpaired) electrons. The predicted octanol–water partition coefficient (Wildman–Crippen LogP) is -0.960. The van der Waals surface area contributed by atoms with Gasteiger partial charge in [0.15, 0.2) is 33.8 Å². The molecule has 2 N–H and O–H groups in total. The number of aryl methyl sites for hydroxylation is 4. The van der Waals surface area contributed by atoms with Gasteiger partial charge in [0, 0.05) is 42.3 Å². The molecule has 0 saturated heterocycles. The van der Waals surface area contributed by atoms with E-state index in [0.29, 0.717) is 22.3 Å². The molecule has 40 heavy (non-hydrogen) atoms. The smallest absolute Gasteiger partial charge is 0.335 e. The lowest BCUT2D eigenvalue weighted by atomic mass is 10.2. The van der Waals surface area contributed by atoms with Crippen LogP contribution in [0, 0.1) is 0 Å². The highest BCUT2D eigenvalue weighted by Gasteiger charge is 2.13. The molecule has 0 amide bonds. The Bertz CT molecular complexity index is 1880. The minimum atomic E-state index is -1.05. The molecule has 1 aromatic carbocycles. The average Bonchev–Trinajstić information content (AvgIpc) is 3.51. The van der Waals surface area contributed by atoms with Crippen LogP contribution in [-0.4, -0.2) is 60.7 Å². The fraction of sp³-hybridized carbons (Fsp3) is 0.292. The van der Waals surface area contributed by atoms with E-state index in [1.807, 2.05) is 0 Å². The van der Waals surface area contributed by atoms with E-state index in [-0.39, 0.29) is 39.6 Å². The first kappa shape index (κ1) is 29.2. The maximum absolute atomic E-state index is 11.7. The van der Waals surface area contributed by atoms with Crippen LogP contribution in [0.2, 0.25) is 0 Å². The van der Waals surface area contributed by atoms with Gasteiger partial charge in [-0.3, -0.25) is 27.9 Å². The number of nitrogens with zero attached hydrogens (tertiary/aromatic N) is 8. The molecule has 0 saturated carbocycles. The zero-order chi connectivity index (χ0) is 30.0. The molecular weight excluding hydrogens is 528 g/mol. The van der Waals surface area contributed by atoms with Crippen LogP contribution in [0.4, 0.5) is 0 Å². The Morgan fingerprint density at radius 3 is 1.55 bits per heavy atom. The second-order valence-electron chi connectivity index (χ2n) is 8.66. The van der Waals surface area contributed by atoms with Gasteiger partial charge in [0.25, 0.3) is 11.1 Å². The summed E-state index contributed by atoms with van der Waals surface area (Å²) in [5, 5.41) is 17.7. The van der Waals surface area contributed by atoms with Gasteiger partial charge in [-0.15, -0.1) is 0 Å². The fourth-order valence-corrected chi connectivity index (χ4v) is 3.75. The van der Waals surface area contributed by atoms with Gasteiger partial charge in [-0.05, 0) is 18.2 Å². The minimum Gasteiger partial charge on any atom is -0.504 e. The summed E-state index contributed by atoms with van der Waals surface area (Å²) in [7, 11) is 10.9. The van der Waals surface area contributed by atoms with Crippen molar-refractivity contribution >= 4 is 28.3 Å². The number of fused-ring (bicyclic) bond motifs is 2. The summed E-state index contributed by atoms with van der Waals surface area (Å²) in [5.74, 6) is -0.953. The zero-order valence-electron chi connectivity index (χ0n) is 22.8. The van der Waals surface area contributed by atoms with Crippen LogP contribution >= 0.6 is 0 Å². The third kappa shape index (κ3) is 5.13. The second-order valence-corrected chi connectivity index (χ2v) is 8.66. The van der Waals surface area contributed by atoms with E-state index in [1.165, 1.54) is 61.2 Å². The number of carboxylic acid groups (broad SMARTS) is 1. The van der Waals surface area contributed by atoms with Crippen molar-refractivity contribution in [3.05, 3.63) is 78.1 Å². The summed E-state index contributed by atoms with van der Waals surface area (Å²) < 4.78 is 12.8. The standard InChI is InChI=1S/2C8H10N4O2.C8H8O4/c2*1-10-4-9-6-5(10)7(13)12(3)8(14)11(6)2;1-12-7-4-5(8(10)11)2-3-6(7)9/h2*4H,1-3H3;2-4,9H,1H3,(H,10,11). The molecule has 5 rings (SSSR count). The third-order valence-electron chi connectivity index (χ3n) is 6.06. The van der Waals surface area contributed by atoms with Crippen molar-refractivity contribution in [1.82, 2.24) is 37.4 Å². The van der Waals surface area contributed by atoms with Crippen LogP contribution in [0.3, 0.4) is 0 Å². The van der Waals surface area contributed by atoms with Crippen molar-refractivity contribution in [2.45, 2.75) is 0 Å². The van der Waals surface area contributed by atoms with E-state index in [2.05, 4.69) is 9.97 Å². The lowest BCUT2D eigenvalue weighted by molar-refractivity contribution is 0.0696. The van der Waals surface area contributed by atoms with Crippen LogP contribution in [0.1, 0.15) is 10.4 Å². The van der Waals surface area contributed by atoms with Crippen LogP contribution < -0.4 is 27.2 Å². The monoisotopic (exact) mass is 556 g/mol. The van der Waals surface area contributed by atoms with Gasteiger partial charge in [0.1, 0.15) is 0 Å². The van der Waals surface area contributed by atoms with E-state index in [1.54, 1.807) is 37.3 Å². The number of imidazole rings is 2. The third-order valence-corrected chi connectivity index (χ3v) is 6.06. The Kier molecular flexibility index (Phi) is 8.12. The number of aromatic nitrogens is 8. The zero-order valence-corrected chi connectivity index (χ0v) is 22.8.